The van der Waals surface area contributed by atoms with Crippen LogP contribution in [0, 0.1) is 0 Å². The Kier molecular flexibility index (Phi) is 2.96. The first-order valence-corrected chi connectivity index (χ1v) is 5.29. The van der Waals surface area contributed by atoms with Gasteiger partial charge in [0.1, 0.15) is 5.75 Å². The molecule has 0 aliphatic heterocycles. The molecular formula is C8H9NO5S. The van der Waals surface area contributed by atoms with Crippen molar-refractivity contribution in [2.45, 2.75) is 6.92 Å². The summed E-state index contributed by atoms with van der Waals surface area (Å²) in [7, 11) is -4.63. The number of carbonyl (C=O) groups excluding carboxylic acids is 1. The number of carbonyl (C=O) groups is 1. The molecule has 0 aromatic heterocycles. The number of phenols is 1. The fourth-order valence-electron chi connectivity index (χ4n) is 1.07. The molecule has 0 bridgehead atoms. The second-order valence-electron chi connectivity index (χ2n) is 2.78. The van der Waals surface area contributed by atoms with E-state index in [9.17, 15) is 13.2 Å². The summed E-state index contributed by atoms with van der Waals surface area (Å²) < 4.78 is 30.7. The van der Waals surface area contributed by atoms with Gasteiger partial charge in [0, 0.05) is 6.92 Å². The molecule has 0 aliphatic rings. The highest BCUT2D eigenvalue weighted by molar-refractivity contribution is 7.88. The van der Waals surface area contributed by atoms with Gasteiger partial charge in [-0.15, -0.1) is 0 Å². The Morgan fingerprint density at radius 1 is 1.27 bits per heavy atom. The van der Waals surface area contributed by atoms with E-state index in [4.69, 9.17) is 9.66 Å². The Morgan fingerprint density at radius 3 is 2.07 bits per heavy atom. The van der Waals surface area contributed by atoms with Gasteiger partial charge in [0.05, 0.1) is 5.69 Å². The molecule has 0 unspecified atom stereocenters. The highest BCUT2D eigenvalue weighted by Gasteiger charge is 2.23. The van der Waals surface area contributed by atoms with Crippen LogP contribution in [0.4, 0.5) is 5.69 Å². The van der Waals surface area contributed by atoms with E-state index in [0.29, 0.717) is 0 Å². The predicted octanol–water partition coefficient (Wildman–Crippen LogP) is 0.548. The van der Waals surface area contributed by atoms with Gasteiger partial charge in [-0.2, -0.15) is 12.7 Å². The highest BCUT2D eigenvalue weighted by Crippen LogP contribution is 2.20. The minimum Gasteiger partial charge on any atom is -0.508 e. The molecule has 15 heavy (non-hydrogen) atoms. The van der Waals surface area contributed by atoms with Gasteiger partial charge in [-0.05, 0) is 24.3 Å². The summed E-state index contributed by atoms with van der Waals surface area (Å²) in [6.45, 7) is 1.00. The average Bonchev–Trinajstić information content (AvgIpc) is 2.05. The number of phenolic OH excluding ortho intramolecular Hbond substituents is 1. The van der Waals surface area contributed by atoms with Crippen LogP contribution in [-0.2, 0) is 15.1 Å². The second-order valence-corrected chi connectivity index (χ2v) is 4.04. The zero-order valence-corrected chi connectivity index (χ0v) is 8.60. The maximum Gasteiger partial charge on any atom is 0.366 e. The van der Waals surface area contributed by atoms with Crippen molar-refractivity contribution in [3.05, 3.63) is 24.3 Å². The molecule has 1 aromatic carbocycles. The third-order valence-electron chi connectivity index (χ3n) is 1.60. The summed E-state index contributed by atoms with van der Waals surface area (Å²) in [4.78, 5) is 11.0. The lowest BCUT2D eigenvalue weighted by Crippen LogP contribution is -2.34. The Morgan fingerprint density at radius 2 is 1.73 bits per heavy atom. The summed E-state index contributed by atoms with van der Waals surface area (Å²) in [6.07, 6.45) is 0. The van der Waals surface area contributed by atoms with Crippen molar-refractivity contribution < 1.29 is 22.9 Å². The summed E-state index contributed by atoms with van der Waals surface area (Å²) >= 11 is 0. The number of nitrogens with zero attached hydrogens (tertiary/aromatic N) is 1. The van der Waals surface area contributed by atoms with Crippen molar-refractivity contribution >= 4 is 21.9 Å². The van der Waals surface area contributed by atoms with E-state index in [1.807, 2.05) is 0 Å². The van der Waals surface area contributed by atoms with Crippen LogP contribution in [0.25, 0.3) is 0 Å². The van der Waals surface area contributed by atoms with Gasteiger partial charge in [0.25, 0.3) is 0 Å². The number of amides is 1. The summed E-state index contributed by atoms with van der Waals surface area (Å²) in [5.41, 5.74) is -0.0391. The lowest BCUT2D eigenvalue weighted by atomic mass is 10.3. The molecule has 6 nitrogen and oxygen atoms in total. The molecule has 0 saturated heterocycles. The molecule has 0 heterocycles. The van der Waals surface area contributed by atoms with Gasteiger partial charge in [0.15, 0.2) is 0 Å². The van der Waals surface area contributed by atoms with Crippen molar-refractivity contribution in [3.8, 4) is 5.75 Å². The first-order chi connectivity index (χ1) is 6.82. The van der Waals surface area contributed by atoms with E-state index >= 15 is 0 Å². The van der Waals surface area contributed by atoms with Gasteiger partial charge in [-0.25, -0.2) is 0 Å². The number of hydrogen-bond donors (Lipinski definition) is 2. The minimum absolute atomic E-state index is 0.0391. The Bertz CT molecular complexity index is 464. The number of aromatic hydroxyl groups is 1. The minimum atomic E-state index is -4.63. The van der Waals surface area contributed by atoms with Crippen LogP contribution in [0.1, 0.15) is 6.92 Å². The van der Waals surface area contributed by atoms with E-state index in [0.717, 1.165) is 6.92 Å². The van der Waals surface area contributed by atoms with Gasteiger partial charge in [-0.1, -0.05) is 0 Å². The summed E-state index contributed by atoms with van der Waals surface area (Å²) in [6, 6.07) is 4.81. The third-order valence-corrected chi connectivity index (χ3v) is 2.53. The van der Waals surface area contributed by atoms with E-state index in [1.165, 1.54) is 24.3 Å². The molecule has 7 heteroatoms. The van der Waals surface area contributed by atoms with E-state index in [2.05, 4.69) is 0 Å². The number of benzene rings is 1. The first-order valence-electron chi connectivity index (χ1n) is 3.89. The number of hydrogen-bond acceptors (Lipinski definition) is 4. The third kappa shape index (κ3) is 2.67. The fourth-order valence-corrected chi connectivity index (χ4v) is 1.78. The Balaban J connectivity index is 3.23. The van der Waals surface area contributed by atoms with Gasteiger partial charge in [-0.3, -0.25) is 9.35 Å². The molecule has 1 amide bonds. The molecule has 0 atom stereocenters. The predicted molar refractivity (Wildman–Crippen MR) is 52.8 cm³/mol. The number of rotatable bonds is 2. The van der Waals surface area contributed by atoms with Gasteiger partial charge in [0.2, 0.25) is 5.91 Å². The Hall–Kier alpha value is -1.60. The zero-order chi connectivity index (χ0) is 11.6. The van der Waals surface area contributed by atoms with Crippen LogP contribution >= 0.6 is 0 Å². The SMILES string of the molecule is CC(=O)N(c1ccc(O)cc1)S(=O)(=O)O. The van der Waals surface area contributed by atoms with Crippen LogP contribution in [0.5, 0.6) is 5.75 Å². The molecule has 1 rings (SSSR count). The smallest absolute Gasteiger partial charge is 0.366 e. The van der Waals surface area contributed by atoms with Crippen LogP contribution in [-0.4, -0.2) is 24.0 Å². The van der Waals surface area contributed by atoms with E-state index in [1.54, 1.807) is 0 Å². The molecule has 0 radical (unpaired) electrons. The second kappa shape index (κ2) is 3.87. The maximum absolute atomic E-state index is 11.0. The molecule has 0 spiro atoms. The normalized spacial score (nSPS) is 11.1. The molecule has 82 valence electrons. The quantitative estimate of drug-likeness (QED) is 0.724. The van der Waals surface area contributed by atoms with Crippen molar-refractivity contribution in [2.24, 2.45) is 0 Å². The van der Waals surface area contributed by atoms with Crippen molar-refractivity contribution in [2.75, 3.05) is 4.31 Å². The van der Waals surface area contributed by atoms with Crippen LogP contribution in [0.2, 0.25) is 0 Å². The maximum atomic E-state index is 11.0. The first kappa shape index (κ1) is 11.5. The van der Waals surface area contributed by atoms with Crippen molar-refractivity contribution in [1.29, 1.82) is 0 Å². The number of anilines is 1. The van der Waals surface area contributed by atoms with Crippen molar-refractivity contribution in [3.63, 3.8) is 0 Å². The average molecular weight is 231 g/mol. The molecular weight excluding hydrogens is 222 g/mol. The monoisotopic (exact) mass is 231 g/mol. The van der Waals surface area contributed by atoms with Crippen LogP contribution in [0.3, 0.4) is 0 Å². The van der Waals surface area contributed by atoms with Crippen LogP contribution in [0.15, 0.2) is 24.3 Å². The summed E-state index contributed by atoms with van der Waals surface area (Å²) in [5.74, 6) is -0.916. The van der Waals surface area contributed by atoms with Crippen LogP contribution < -0.4 is 4.31 Å². The summed E-state index contributed by atoms with van der Waals surface area (Å²) in [5, 5.41) is 8.96. The lowest BCUT2D eigenvalue weighted by Gasteiger charge is -2.16. The van der Waals surface area contributed by atoms with Gasteiger partial charge < -0.3 is 5.11 Å². The largest absolute Gasteiger partial charge is 0.508 e. The highest BCUT2D eigenvalue weighted by atomic mass is 32.2. The van der Waals surface area contributed by atoms with Crippen molar-refractivity contribution in [1.82, 2.24) is 0 Å². The topological polar surface area (TPSA) is 94.9 Å². The molecule has 0 saturated carbocycles. The molecule has 1 aromatic rings. The Labute approximate surface area is 86.6 Å². The van der Waals surface area contributed by atoms with Gasteiger partial charge >= 0.3 is 10.3 Å². The molecule has 0 fully saturated rings. The van der Waals surface area contributed by atoms with E-state index < -0.39 is 16.2 Å². The molecule has 2 N–H and O–H groups in total. The lowest BCUT2D eigenvalue weighted by molar-refractivity contribution is -0.115. The zero-order valence-electron chi connectivity index (χ0n) is 7.78. The fraction of sp³-hybridized carbons (Fsp3) is 0.125. The van der Waals surface area contributed by atoms with E-state index in [-0.39, 0.29) is 15.7 Å². The standard InChI is InChI=1S/C8H9NO5S/c1-6(10)9(15(12,13)14)7-2-4-8(11)5-3-7/h2-5,11H,1H3,(H,12,13,14). The molecule has 0 aliphatic carbocycles.